The minimum Gasteiger partial charge on any atom is -0.440 e. The molecule has 0 saturated carbocycles. The smallest absolute Gasteiger partial charge is 0.404 e. The Morgan fingerprint density at radius 1 is 1.58 bits per heavy atom. The number of halogens is 1. The first-order valence-corrected chi connectivity index (χ1v) is 3.58. The summed E-state index contributed by atoms with van der Waals surface area (Å²) in [7, 11) is 0. The molecule has 0 aliphatic heterocycles. The molecular weight excluding hydrogens is 180 g/mol. The minimum atomic E-state index is -0.937. The summed E-state index contributed by atoms with van der Waals surface area (Å²) in [6, 6.07) is 0. The van der Waals surface area contributed by atoms with Gasteiger partial charge < -0.3 is 4.74 Å². The van der Waals surface area contributed by atoms with Gasteiger partial charge in [-0.3, -0.25) is 0 Å². The Morgan fingerprint density at radius 2 is 2.33 bits per heavy atom. The maximum Gasteiger partial charge on any atom is 0.404 e. The van der Waals surface area contributed by atoms with Crippen LogP contribution in [0.2, 0.25) is 0 Å². The highest BCUT2D eigenvalue weighted by molar-refractivity contribution is 6.61. The molecule has 0 N–H and O–H groups in total. The SMILES string of the molecule is O=C=C1C=CC=CC1OC(=O)Cl. The molecular formula is C8H5ClO3. The van der Waals surface area contributed by atoms with Crippen molar-refractivity contribution in [2.45, 2.75) is 6.10 Å². The van der Waals surface area contributed by atoms with Gasteiger partial charge in [-0.25, -0.2) is 9.59 Å². The van der Waals surface area contributed by atoms with Crippen LogP contribution in [0.3, 0.4) is 0 Å². The molecule has 12 heavy (non-hydrogen) atoms. The molecule has 1 atom stereocenters. The standard InChI is InChI=1S/C8H5ClO3/c9-8(11)12-7-4-2-1-3-6(7)5-10/h1-4,7H. The maximum atomic E-state index is 10.3. The summed E-state index contributed by atoms with van der Waals surface area (Å²) in [6.45, 7) is 0. The summed E-state index contributed by atoms with van der Waals surface area (Å²) >= 11 is 4.97. The van der Waals surface area contributed by atoms with E-state index in [0.29, 0.717) is 0 Å². The number of carbonyl (C=O) groups excluding carboxylic acids is 2. The highest BCUT2D eigenvalue weighted by Gasteiger charge is 2.15. The van der Waals surface area contributed by atoms with E-state index >= 15 is 0 Å². The number of allylic oxidation sites excluding steroid dienone is 2. The molecule has 4 heteroatoms. The quantitative estimate of drug-likeness (QED) is 0.459. The summed E-state index contributed by atoms with van der Waals surface area (Å²) in [6.07, 6.45) is 5.67. The van der Waals surface area contributed by atoms with E-state index in [9.17, 15) is 9.59 Å². The molecule has 0 aromatic heterocycles. The number of hydrogen-bond donors (Lipinski definition) is 0. The summed E-state index contributed by atoms with van der Waals surface area (Å²) in [5.74, 6) is 1.65. The Morgan fingerprint density at radius 3 is 2.92 bits per heavy atom. The predicted molar refractivity (Wildman–Crippen MR) is 43.6 cm³/mol. The number of ether oxygens (including phenoxy) is 1. The van der Waals surface area contributed by atoms with Crippen LogP contribution in [0.15, 0.2) is 29.9 Å². The third kappa shape index (κ3) is 2.09. The lowest BCUT2D eigenvalue weighted by molar-refractivity contribution is 0.161. The van der Waals surface area contributed by atoms with Crippen molar-refractivity contribution in [3.8, 4) is 0 Å². The largest absolute Gasteiger partial charge is 0.440 e. The monoisotopic (exact) mass is 184 g/mol. The van der Waals surface area contributed by atoms with Crippen molar-refractivity contribution in [1.82, 2.24) is 0 Å². The van der Waals surface area contributed by atoms with Gasteiger partial charge in [-0.05, 0) is 12.2 Å². The molecule has 1 rings (SSSR count). The first-order chi connectivity index (χ1) is 5.74. The molecule has 0 fully saturated rings. The number of hydrogen-bond acceptors (Lipinski definition) is 3. The molecule has 3 nitrogen and oxygen atoms in total. The Bertz CT molecular complexity index is 297. The van der Waals surface area contributed by atoms with Gasteiger partial charge in [0.05, 0.1) is 5.57 Å². The summed E-state index contributed by atoms with van der Waals surface area (Å²) < 4.78 is 4.58. The summed E-state index contributed by atoms with van der Waals surface area (Å²) in [5, 5.41) is 0. The minimum absolute atomic E-state index is 0.256. The maximum absolute atomic E-state index is 10.3. The van der Waals surface area contributed by atoms with E-state index in [-0.39, 0.29) is 5.57 Å². The fourth-order valence-electron chi connectivity index (χ4n) is 0.817. The second kappa shape index (κ2) is 3.90. The predicted octanol–water partition coefficient (Wildman–Crippen LogP) is 1.61. The zero-order chi connectivity index (χ0) is 8.97. The third-order valence-corrected chi connectivity index (χ3v) is 1.41. The second-order valence-electron chi connectivity index (χ2n) is 2.08. The van der Waals surface area contributed by atoms with Gasteiger partial charge in [-0.15, -0.1) is 0 Å². The lowest BCUT2D eigenvalue weighted by Crippen LogP contribution is -2.15. The molecule has 1 aliphatic rings. The normalized spacial score (nSPS) is 20.4. The van der Waals surface area contributed by atoms with E-state index in [4.69, 9.17) is 11.6 Å². The Hall–Kier alpha value is -1.31. The molecule has 0 radical (unpaired) electrons. The fraction of sp³-hybridized carbons (Fsp3) is 0.125. The van der Waals surface area contributed by atoms with E-state index in [1.807, 2.05) is 0 Å². The zero-order valence-corrected chi connectivity index (χ0v) is 6.75. The highest BCUT2D eigenvalue weighted by Crippen LogP contribution is 2.13. The van der Waals surface area contributed by atoms with Gasteiger partial charge in [-0.1, -0.05) is 12.2 Å². The van der Waals surface area contributed by atoms with Crippen molar-refractivity contribution in [2.75, 3.05) is 0 Å². The lowest BCUT2D eigenvalue weighted by atomic mass is 10.1. The zero-order valence-electron chi connectivity index (χ0n) is 5.99. The molecule has 0 aromatic carbocycles. The van der Waals surface area contributed by atoms with Gasteiger partial charge in [-0.2, -0.15) is 0 Å². The molecule has 1 unspecified atom stereocenters. The van der Waals surface area contributed by atoms with Crippen molar-refractivity contribution in [3.05, 3.63) is 29.9 Å². The molecule has 0 spiro atoms. The van der Waals surface area contributed by atoms with E-state index in [1.165, 1.54) is 6.08 Å². The Balaban J connectivity index is 2.76. The van der Waals surface area contributed by atoms with Gasteiger partial charge in [0.2, 0.25) is 0 Å². The van der Waals surface area contributed by atoms with Crippen molar-refractivity contribution in [2.24, 2.45) is 0 Å². The first-order valence-electron chi connectivity index (χ1n) is 3.20. The second-order valence-corrected chi connectivity index (χ2v) is 2.39. The van der Waals surface area contributed by atoms with E-state index in [1.54, 1.807) is 24.2 Å². The van der Waals surface area contributed by atoms with E-state index in [0.717, 1.165) is 0 Å². The van der Waals surface area contributed by atoms with Crippen LogP contribution in [-0.4, -0.2) is 17.5 Å². The topological polar surface area (TPSA) is 43.4 Å². The van der Waals surface area contributed by atoms with Gasteiger partial charge in [0, 0.05) is 11.6 Å². The average Bonchev–Trinajstić information content (AvgIpc) is 2.04. The number of carbonyl (C=O) groups is 1. The van der Waals surface area contributed by atoms with Crippen LogP contribution in [0.1, 0.15) is 0 Å². The highest BCUT2D eigenvalue weighted by atomic mass is 35.5. The van der Waals surface area contributed by atoms with Crippen LogP contribution in [0.5, 0.6) is 0 Å². The fourth-order valence-corrected chi connectivity index (χ4v) is 0.913. The van der Waals surface area contributed by atoms with Crippen molar-refractivity contribution < 1.29 is 14.3 Å². The van der Waals surface area contributed by atoms with Gasteiger partial charge in [0.25, 0.3) is 0 Å². The summed E-state index contributed by atoms with van der Waals surface area (Å²) in [5.41, 5.74) is -0.681. The molecule has 0 saturated heterocycles. The Labute approximate surface area is 74.0 Å². The van der Waals surface area contributed by atoms with Gasteiger partial charge >= 0.3 is 5.43 Å². The number of rotatable bonds is 1. The van der Waals surface area contributed by atoms with Gasteiger partial charge in [0.1, 0.15) is 5.94 Å². The third-order valence-electron chi connectivity index (χ3n) is 1.32. The van der Waals surface area contributed by atoms with Crippen LogP contribution in [0.4, 0.5) is 4.79 Å². The van der Waals surface area contributed by atoms with Crippen LogP contribution in [-0.2, 0) is 9.53 Å². The van der Waals surface area contributed by atoms with Crippen molar-refractivity contribution in [3.63, 3.8) is 0 Å². The van der Waals surface area contributed by atoms with Crippen LogP contribution in [0.25, 0.3) is 0 Å². The lowest BCUT2D eigenvalue weighted by Gasteiger charge is -2.12. The molecule has 0 heterocycles. The van der Waals surface area contributed by atoms with Crippen LogP contribution < -0.4 is 0 Å². The molecule has 62 valence electrons. The molecule has 1 aliphatic carbocycles. The van der Waals surface area contributed by atoms with Crippen molar-refractivity contribution in [1.29, 1.82) is 0 Å². The molecule has 0 aromatic rings. The molecule has 0 bridgehead atoms. The van der Waals surface area contributed by atoms with Crippen molar-refractivity contribution >= 4 is 23.0 Å². The Kier molecular flexibility index (Phi) is 2.86. The summed E-state index contributed by atoms with van der Waals surface area (Å²) in [4.78, 5) is 20.6. The van der Waals surface area contributed by atoms with E-state index in [2.05, 4.69) is 4.74 Å². The average molecular weight is 185 g/mol. The van der Waals surface area contributed by atoms with Gasteiger partial charge in [0.15, 0.2) is 6.10 Å². The molecule has 0 amide bonds. The first kappa shape index (κ1) is 8.78. The van der Waals surface area contributed by atoms with E-state index < -0.39 is 11.5 Å². The van der Waals surface area contributed by atoms with Crippen LogP contribution >= 0.6 is 11.6 Å². The van der Waals surface area contributed by atoms with Crippen LogP contribution in [0, 0.1) is 0 Å².